The number of hydrogen-bond donors (Lipinski definition) is 0. The van der Waals surface area contributed by atoms with E-state index in [1.807, 2.05) is 11.8 Å². The second kappa shape index (κ2) is 6.69. The van der Waals surface area contributed by atoms with Crippen molar-refractivity contribution < 1.29 is 4.74 Å². The van der Waals surface area contributed by atoms with Crippen molar-refractivity contribution in [3.8, 4) is 5.75 Å². The summed E-state index contributed by atoms with van der Waals surface area (Å²) in [7, 11) is 0. The molecule has 0 unspecified atom stereocenters. The van der Waals surface area contributed by atoms with Gasteiger partial charge in [0.1, 0.15) is 5.75 Å². The molecule has 0 bridgehead atoms. The Morgan fingerprint density at radius 2 is 2.06 bits per heavy atom. The van der Waals surface area contributed by atoms with Crippen LogP contribution in [-0.2, 0) is 5.75 Å². The maximum Gasteiger partial charge on any atom is 0.133 e. The number of halogens is 1. The fourth-order valence-electron chi connectivity index (χ4n) is 2.26. The van der Waals surface area contributed by atoms with Crippen LogP contribution in [0.4, 0.5) is 0 Å². The van der Waals surface area contributed by atoms with Gasteiger partial charge in [-0.3, -0.25) is 0 Å². The van der Waals surface area contributed by atoms with Crippen LogP contribution < -0.4 is 4.74 Å². The maximum atomic E-state index is 6.07. The summed E-state index contributed by atoms with van der Waals surface area (Å²) in [5, 5.41) is 0. The second-order valence-corrected chi connectivity index (χ2v) is 6.30. The Kier molecular flexibility index (Phi) is 5.23. The molecule has 0 saturated heterocycles. The molecule has 1 aliphatic rings. The molecule has 0 spiro atoms. The molecule has 2 rings (SSSR count). The first-order valence-corrected chi connectivity index (χ1v) is 8.42. The predicted octanol–water partition coefficient (Wildman–Crippen LogP) is 5.02. The van der Waals surface area contributed by atoms with Gasteiger partial charge in [0.05, 0.1) is 10.6 Å². The van der Waals surface area contributed by atoms with Crippen LogP contribution in [0, 0.1) is 0 Å². The Bertz CT molecular complexity index is 361. The zero-order valence-electron chi connectivity index (χ0n) is 10.2. The summed E-state index contributed by atoms with van der Waals surface area (Å²) < 4.78 is 7.16. The van der Waals surface area contributed by atoms with Gasteiger partial charge in [-0.1, -0.05) is 12.5 Å². The van der Waals surface area contributed by atoms with E-state index in [1.165, 1.54) is 37.7 Å². The van der Waals surface area contributed by atoms with Crippen molar-refractivity contribution in [2.45, 2.75) is 44.0 Å². The highest BCUT2D eigenvalue weighted by molar-refractivity contribution is 9.10. The Labute approximate surface area is 116 Å². The van der Waals surface area contributed by atoms with Crippen molar-refractivity contribution in [3.63, 3.8) is 0 Å². The summed E-state index contributed by atoms with van der Waals surface area (Å²) in [4.78, 5) is 0. The van der Waals surface area contributed by atoms with Gasteiger partial charge in [0.2, 0.25) is 0 Å². The molecule has 3 heteroatoms. The lowest BCUT2D eigenvalue weighted by molar-refractivity contribution is 0.154. The molecular weight excluding hydrogens is 296 g/mol. The van der Waals surface area contributed by atoms with Crippen molar-refractivity contribution in [2.24, 2.45) is 0 Å². The van der Waals surface area contributed by atoms with E-state index in [4.69, 9.17) is 4.74 Å². The van der Waals surface area contributed by atoms with Crippen molar-refractivity contribution in [2.75, 3.05) is 6.26 Å². The maximum absolute atomic E-state index is 6.07. The van der Waals surface area contributed by atoms with Crippen molar-refractivity contribution >= 4 is 27.7 Å². The van der Waals surface area contributed by atoms with Gasteiger partial charge in [0.25, 0.3) is 0 Å². The minimum absolute atomic E-state index is 0.423. The first kappa shape index (κ1) is 13.3. The summed E-state index contributed by atoms with van der Waals surface area (Å²) in [6, 6.07) is 6.44. The van der Waals surface area contributed by atoms with Gasteiger partial charge in [-0.25, -0.2) is 0 Å². The molecule has 17 heavy (non-hydrogen) atoms. The molecule has 1 nitrogen and oxygen atoms in total. The standard InChI is InChI=1S/C14H19BrOS/c1-17-10-11-7-8-14(13(15)9-11)16-12-5-3-2-4-6-12/h7-9,12H,2-6,10H2,1H3. The highest BCUT2D eigenvalue weighted by Gasteiger charge is 2.16. The van der Waals surface area contributed by atoms with Gasteiger partial charge in [-0.2, -0.15) is 11.8 Å². The van der Waals surface area contributed by atoms with E-state index in [-0.39, 0.29) is 0 Å². The summed E-state index contributed by atoms with van der Waals surface area (Å²) in [6.45, 7) is 0. The van der Waals surface area contributed by atoms with Gasteiger partial charge in [-0.15, -0.1) is 0 Å². The van der Waals surface area contributed by atoms with Crippen molar-refractivity contribution in [3.05, 3.63) is 28.2 Å². The van der Waals surface area contributed by atoms with Crippen LogP contribution in [0.1, 0.15) is 37.7 Å². The van der Waals surface area contributed by atoms with E-state index in [2.05, 4.69) is 40.4 Å². The van der Waals surface area contributed by atoms with Crippen LogP contribution >= 0.6 is 27.7 Å². The molecular formula is C14H19BrOS. The normalized spacial score (nSPS) is 17.1. The van der Waals surface area contributed by atoms with Gasteiger partial charge >= 0.3 is 0 Å². The SMILES string of the molecule is CSCc1ccc(OC2CCCCC2)c(Br)c1. The molecule has 94 valence electrons. The van der Waals surface area contributed by atoms with Gasteiger partial charge in [0.15, 0.2) is 0 Å². The van der Waals surface area contributed by atoms with Gasteiger partial charge in [0, 0.05) is 5.75 Å². The van der Waals surface area contributed by atoms with E-state index < -0.39 is 0 Å². The van der Waals surface area contributed by atoms with Crippen LogP contribution in [0.2, 0.25) is 0 Å². The zero-order chi connectivity index (χ0) is 12.1. The average molecular weight is 315 g/mol. The fraction of sp³-hybridized carbons (Fsp3) is 0.571. The van der Waals surface area contributed by atoms with Gasteiger partial charge < -0.3 is 4.74 Å². The molecule has 0 amide bonds. The fourth-order valence-corrected chi connectivity index (χ4v) is 3.29. The van der Waals surface area contributed by atoms with E-state index in [0.29, 0.717) is 6.10 Å². The second-order valence-electron chi connectivity index (χ2n) is 4.58. The quantitative estimate of drug-likeness (QED) is 0.771. The third-order valence-corrected chi connectivity index (χ3v) is 4.39. The summed E-state index contributed by atoms with van der Waals surface area (Å²) in [6.07, 6.45) is 8.96. The zero-order valence-corrected chi connectivity index (χ0v) is 12.6. The highest BCUT2D eigenvalue weighted by atomic mass is 79.9. The number of rotatable bonds is 4. The van der Waals surface area contributed by atoms with Crippen molar-refractivity contribution in [1.82, 2.24) is 0 Å². The lowest BCUT2D eigenvalue weighted by Gasteiger charge is -2.23. The summed E-state index contributed by atoms with van der Waals surface area (Å²) >= 11 is 5.45. The summed E-state index contributed by atoms with van der Waals surface area (Å²) in [5.41, 5.74) is 1.35. The third-order valence-electron chi connectivity index (χ3n) is 3.15. The lowest BCUT2D eigenvalue weighted by atomic mass is 9.98. The minimum Gasteiger partial charge on any atom is -0.489 e. The molecule has 0 N–H and O–H groups in total. The Balaban J connectivity index is 2.00. The molecule has 0 aliphatic heterocycles. The van der Waals surface area contributed by atoms with E-state index >= 15 is 0 Å². The third kappa shape index (κ3) is 3.92. The Morgan fingerprint density at radius 3 is 2.71 bits per heavy atom. The number of thioether (sulfide) groups is 1. The first-order chi connectivity index (χ1) is 8.29. The highest BCUT2D eigenvalue weighted by Crippen LogP contribution is 2.30. The average Bonchev–Trinajstić information content (AvgIpc) is 2.34. The molecule has 0 radical (unpaired) electrons. The smallest absolute Gasteiger partial charge is 0.133 e. The van der Waals surface area contributed by atoms with Crippen LogP contribution in [0.15, 0.2) is 22.7 Å². The topological polar surface area (TPSA) is 9.23 Å². The van der Waals surface area contributed by atoms with Crippen molar-refractivity contribution in [1.29, 1.82) is 0 Å². The Hall–Kier alpha value is -0.150. The molecule has 0 atom stereocenters. The lowest BCUT2D eigenvalue weighted by Crippen LogP contribution is -2.19. The van der Waals surface area contributed by atoms with Crippen LogP contribution in [0.25, 0.3) is 0 Å². The molecule has 1 fully saturated rings. The molecule has 1 saturated carbocycles. The van der Waals surface area contributed by atoms with Gasteiger partial charge in [-0.05, 0) is 65.6 Å². The number of ether oxygens (including phenoxy) is 1. The van der Waals surface area contributed by atoms with Crippen LogP contribution in [0.5, 0.6) is 5.75 Å². The molecule has 0 aromatic heterocycles. The molecule has 0 heterocycles. The summed E-state index contributed by atoms with van der Waals surface area (Å²) in [5.74, 6) is 2.06. The van der Waals surface area contributed by atoms with E-state index in [1.54, 1.807) is 0 Å². The molecule has 1 aliphatic carbocycles. The molecule has 1 aromatic rings. The molecule has 1 aromatic carbocycles. The Morgan fingerprint density at radius 1 is 1.29 bits per heavy atom. The van der Waals surface area contributed by atoms with E-state index in [9.17, 15) is 0 Å². The van der Waals surface area contributed by atoms with Crippen LogP contribution in [0.3, 0.4) is 0 Å². The largest absolute Gasteiger partial charge is 0.489 e. The minimum atomic E-state index is 0.423. The number of hydrogen-bond acceptors (Lipinski definition) is 2. The monoisotopic (exact) mass is 314 g/mol. The van der Waals surface area contributed by atoms with E-state index in [0.717, 1.165) is 16.0 Å². The predicted molar refractivity (Wildman–Crippen MR) is 78.9 cm³/mol. The first-order valence-electron chi connectivity index (χ1n) is 6.23. The number of benzene rings is 1. The van der Waals surface area contributed by atoms with Crippen LogP contribution in [-0.4, -0.2) is 12.4 Å².